The normalized spacial score (nSPS) is 13.8. The number of hydrogen-bond acceptors (Lipinski definition) is 2. The predicted molar refractivity (Wildman–Crippen MR) is 84.1 cm³/mol. The lowest BCUT2D eigenvalue weighted by Gasteiger charge is -2.19. The van der Waals surface area contributed by atoms with Crippen LogP contribution in [0.15, 0.2) is 42.5 Å². The van der Waals surface area contributed by atoms with Crippen molar-refractivity contribution in [2.24, 2.45) is 0 Å². The first kappa shape index (κ1) is 13.0. The zero-order valence-corrected chi connectivity index (χ0v) is 12.4. The molecule has 1 N–H and O–H groups in total. The molecular formula is C18H21NO. The van der Waals surface area contributed by atoms with Crippen molar-refractivity contribution in [2.45, 2.75) is 32.6 Å². The van der Waals surface area contributed by atoms with Crippen LogP contribution in [0.25, 0.3) is 0 Å². The molecule has 20 heavy (non-hydrogen) atoms. The summed E-state index contributed by atoms with van der Waals surface area (Å²) in [6.07, 6.45) is 1.01. The fraction of sp³-hybridized carbons (Fsp3) is 0.333. The van der Waals surface area contributed by atoms with Crippen molar-refractivity contribution in [3.05, 3.63) is 53.6 Å². The Bertz CT molecular complexity index is 608. The molecule has 1 aliphatic rings. The van der Waals surface area contributed by atoms with Crippen molar-refractivity contribution >= 4 is 11.4 Å². The molecule has 0 saturated heterocycles. The summed E-state index contributed by atoms with van der Waals surface area (Å²) in [5, 5.41) is 3.46. The first-order valence-electron chi connectivity index (χ1n) is 7.16. The van der Waals surface area contributed by atoms with Gasteiger partial charge in [-0.1, -0.05) is 32.9 Å². The highest BCUT2D eigenvalue weighted by Crippen LogP contribution is 2.30. The van der Waals surface area contributed by atoms with Crippen LogP contribution in [0.4, 0.5) is 11.4 Å². The molecule has 2 nitrogen and oxygen atoms in total. The molecule has 0 atom stereocenters. The van der Waals surface area contributed by atoms with Crippen molar-refractivity contribution in [3.63, 3.8) is 0 Å². The Morgan fingerprint density at radius 2 is 1.65 bits per heavy atom. The second kappa shape index (κ2) is 4.86. The zero-order valence-electron chi connectivity index (χ0n) is 12.4. The molecular weight excluding hydrogens is 246 g/mol. The maximum absolute atomic E-state index is 5.53. The molecule has 0 bridgehead atoms. The average Bonchev–Trinajstić information content (AvgIpc) is 2.86. The molecule has 104 valence electrons. The molecule has 0 unspecified atom stereocenters. The number of fused-ring (bicyclic) bond motifs is 1. The minimum absolute atomic E-state index is 0.198. The smallest absolute Gasteiger partial charge is 0.122 e. The third-order valence-corrected chi connectivity index (χ3v) is 3.73. The van der Waals surface area contributed by atoms with Crippen LogP contribution in [0, 0.1) is 0 Å². The molecule has 0 fully saturated rings. The monoisotopic (exact) mass is 267 g/mol. The summed E-state index contributed by atoms with van der Waals surface area (Å²) < 4.78 is 5.53. The topological polar surface area (TPSA) is 21.3 Å². The summed E-state index contributed by atoms with van der Waals surface area (Å²) in [6, 6.07) is 15.0. The summed E-state index contributed by atoms with van der Waals surface area (Å²) in [7, 11) is 0. The summed E-state index contributed by atoms with van der Waals surface area (Å²) in [5.41, 5.74) is 5.09. The lowest BCUT2D eigenvalue weighted by Crippen LogP contribution is -2.10. The standard InChI is InChI=1S/C18H21NO/c1-18(2,3)14-4-6-15(7-5-14)19-16-8-9-17-13(12-16)10-11-20-17/h4-9,12,19H,10-11H2,1-3H3. The predicted octanol–water partition coefficient (Wildman–Crippen LogP) is 4.66. The van der Waals surface area contributed by atoms with Crippen LogP contribution < -0.4 is 10.1 Å². The van der Waals surface area contributed by atoms with E-state index in [4.69, 9.17) is 4.74 Å². The van der Waals surface area contributed by atoms with E-state index in [2.05, 4.69) is 62.5 Å². The molecule has 0 amide bonds. The van der Waals surface area contributed by atoms with E-state index >= 15 is 0 Å². The number of rotatable bonds is 2. The van der Waals surface area contributed by atoms with Crippen molar-refractivity contribution in [3.8, 4) is 5.75 Å². The number of nitrogens with one attached hydrogen (secondary N) is 1. The fourth-order valence-electron chi connectivity index (χ4n) is 2.48. The summed E-state index contributed by atoms with van der Waals surface area (Å²) in [6.45, 7) is 7.50. The largest absolute Gasteiger partial charge is 0.493 e. The van der Waals surface area contributed by atoms with Gasteiger partial charge in [-0.15, -0.1) is 0 Å². The highest BCUT2D eigenvalue weighted by molar-refractivity contribution is 5.62. The van der Waals surface area contributed by atoms with Gasteiger partial charge in [-0.2, -0.15) is 0 Å². The number of anilines is 2. The van der Waals surface area contributed by atoms with E-state index in [1.54, 1.807) is 0 Å². The Labute approximate surface area is 120 Å². The minimum Gasteiger partial charge on any atom is -0.493 e. The molecule has 0 aromatic heterocycles. The van der Waals surface area contributed by atoms with E-state index in [1.165, 1.54) is 11.1 Å². The highest BCUT2D eigenvalue weighted by Gasteiger charge is 2.14. The van der Waals surface area contributed by atoms with Crippen molar-refractivity contribution in [1.29, 1.82) is 0 Å². The van der Waals surface area contributed by atoms with Crippen molar-refractivity contribution in [1.82, 2.24) is 0 Å². The van der Waals surface area contributed by atoms with E-state index in [1.807, 2.05) is 6.07 Å². The van der Waals surface area contributed by atoms with Crippen LogP contribution in [0.3, 0.4) is 0 Å². The summed E-state index contributed by atoms with van der Waals surface area (Å²) in [4.78, 5) is 0. The number of ether oxygens (including phenoxy) is 1. The molecule has 2 heteroatoms. The molecule has 0 radical (unpaired) electrons. The third-order valence-electron chi connectivity index (χ3n) is 3.73. The quantitative estimate of drug-likeness (QED) is 0.854. The lowest BCUT2D eigenvalue weighted by atomic mass is 9.87. The van der Waals surface area contributed by atoms with Gasteiger partial charge in [-0.25, -0.2) is 0 Å². The maximum atomic E-state index is 5.53. The number of hydrogen-bond donors (Lipinski definition) is 1. The van der Waals surface area contributed by atoms with Crippen LogP contribution in [-0.4, -0.2) is 6.61 Å². The Balaban J connectivity index is 1.78. The van der Waals surface area contributed by atoms with E-state index < -0.39 is 0 Å². The van der Waals surface area contributed by atoms with Gasteiger partial charge in [0.25, 0.3) is 0 Å². The van der Waals surface area contributed by atoms with Crippen LogP contribution in [0.2, 0.25) is 0 Å². The van der Waals surface area contributed by atoms with Crippen molar-refractivity contribution in [2.75, 3.05) is 11.9 Å². The van der Waals surface area contributed by atoms with Crippen LogP contribution in [0.5, 0.6) is 5.75 Å². The van der Waals surface area contributed by atoms with Gasteiger partial charge in [0.15, 0.2) is 0 Å². The third kappa shape index (κ3) is 2.64. The van der Waals surface area contributed by atoms with Crippen LogP contribution in [0.1, 0.15) is 31.9 Å². The summed E-state index contributed by atoms with van der Waals surface area (Å²) in [5.74, 6) is 1.03. The SMILES string of the molecule is CC(C)(C)c1ccc(Nc2ccc3c(c2)CCO3)cc1. The highest BCUT2D eigenvalue weighted by atomic mass is 16.5. The Kier molecular flexibility index (Phi) is 3.17. The van der Waals surface area contributed by atoms with Gasteiger partial charge in [0.05, 0.1) is 6.61 Å². The maximum Gasteiger partial charge on any atom is 0.122 e. The van der Waals surface area contributed by atoms with E-state index in [9.17, 15) is 0 Å². The van der Waals surface area contributed by atoms with Gasteiger partial charge < -0.3 is 10.1 Å². The van der Waals surface area contributed by atoms with Crippen LogP contribution in [-0.2, 0) is 11.8 Å². The molecule has 0 saturated carbocycles. The van der Waals surface area contributed by atoms with Crippen LogP contribution >= 0.6 is 0 Å². The van der Waals surface area contributed by atoms with Gasteiger partial charge in [0.2, 0.25) is 0 Å². The Morgan fingerprint density at radius 3 is 2.35 bits per heavy atom. The van der Waals surface area contributed by atoms with Crippen molar-refractivity contribution < 1.29 is 4.74 Å². The lowest BCUT2D eigenvalue weighted by molar-refractivity contribution is 0.357. The molecule has 2 aromatic rings. The molecule has 3 rings (SSSR count). The van der Waals surface area contributed by atoms with Gasteiger partial charge in [0, 0.05) is 17.8 Å². The molecule has 0 aliphatic carbocycles. The number of benzene rings is 2. The van der Waals surface area contributed by atoms with Gasteiger partial charge in [0.1, 0.15) is 5.75 Å². The summed E-state index contributed by atoms with van der Waals surface area (Å²) >= 11 is 0. The fourth-order valence-corrected chi connectivity index (χ4v) is 2.48. The van der Waals surface area contributed by atoms with E-state index in [0.717, 1.165) is 30.2 Å². The second-order valence-electron chi connectivity index (χ2n) is 6.37. The molecule has 2 aromatic carbocycles. The molecule has 1 aliphatic heterocycles. The van der Waals surface area contributed by atoms with E-state index in [-0.39, 0.29) is 5.41 Å². The Morgan fingerprint density at radius 1 is 0.950 bits per heavy atom. The minimum atomic E-state index is 0.198. The van der Waals surface area contributed by atoms with Gasteiger partial charge in [-0.3, -0.25) is 0 Å². The first-order valence-corrected chi connectivity index (χ1v) is 7.16. The van der Waals surface area contributed by atoms with E-state index in [0.29, 0.717) is 0 Å². The molecule has 0 spiro atoms. The average molecular weight is 267 g/mol. The molecule has 1 heterocycles. The zero-order chi connectivity index (χ0) is 14.2. The second-order valence-corrected chi connectivity index (χ2v) is 6.37. The van der Waals surface area contributed by atoms with Gasteiger partial charge >= 0.3 is 0 Å². The van der Waals surface area contributed by atoms with Gasteiger partial charge in [-0.05, 0) is 46.9 Å². The first-order chi connectivity index (χ1) is 9.52. The Hall–Kier alpha value is -1.96.